The molecule has 156 valence electrons. The molecule has 0 aliphatic carbocycles. The summed E-state index contributed by atoms with van der Waals surface area (Å²) in [5, 5.41) is 2.76. The fourth-order valence-electron chi connectivity index (χ4n) is 4.98. The van der Waals surface area contributed by atoms with Crippen molar-refractivity contribution in [1.29, 1.82) is 0 Å². The second kappa shape index (κ2) is 10.7. The van der Waals surface area contributed by atoms with Gasteiger partial charge < -0.3 is 0 Å². The van der Waals surface area contributed by atoms with Crippen LogP contribution in [-0.2, 0) is 6.54 Å². The van der Waals surface area contributed by atoms with Crippen molar-refractivity contribution in [3.05, 3.63) is 58.7 Å². The molecule has 1 aromatic heterocycles. The summed E-state index contributed by atoms with van der Waals surface area (Å²) in [4.78, 5) is 0. The van der Waals surface area contributed by atoms with Gasteiger partial charge in [-0.05, 0) is 0 Å². The summed E-state index contributed by atoms with van der Waals surface area (Å²) in [5.41, 5.74) is 2.74. The van der Waals surface area contributed by atoms with E-state index in [-0.39, 0.29) is 0 Å². The third-order valence-electron chi connectivity index (χ3n) is 6.81. The molecule has 0 fully saturated rings. The second-order valence-electron chi connectivity index (χ2n) is 8.81. The summed E-state index contributed by atoms with van der Waals surface area (Å²) >= 11 is -2.43. The summed E-state index contributed by atoms with van der Waals surface area (Å²) in [6.45, 7) is 12.9. The number of allylic oxidation sites excluding steroid dienone is 1. The molecule has 3 rings (SSSR count). The van der Waals surface area contributed by atoms with Crippen LogP contribution in [0, 0.1) is 0 Å². The Balaban J connectivity index is 2.01. The summed E-state index contributed by atoms with van der Waals surface area (Å²) in [6, 6.07) is 17.8. The van der Waals surface area contributed by atoms with E-state index in [0.717, 1.165) is 6.54 Å². The number of rotatable bonds is 12. The van der Waals surface area contributed by atoms with Crippen molar-refractivity contribution in [3.63, 3.8) is 0 Å². The Bertz CT molecular complexity index is 861. The van der Waals surface area contributed by atoms with Crippen molar-refractivity contribution in [1.82, 2.24) is 4.57 Å². The molecule has 0 radical (unpaired) electrons. The van der Waals surface area contributed by atoms with E-state index in [2.05, 4.69) is 73.9 Å². The number of benzene rings is 2. The average molecular weight is 496 g/mol. The number of fused-ring (bicyclic) bond motifs is 3. The Morgan fingerprint density at radius 3 is 1.55 bits per heavy atom. The zero-order valence-corrected chi connectivity index (χ0v) is 21.7. The number of para-hydroxylation sites is 2. The quantitative estimate of drug-likeness (QED) is 0.221. The summed E-state index contributed by atoms with van der Waals surface area (Å²) in [7, 11) is 0. The van der Waals surface area contributed by atoms with Crippen LogP contribution in [0.3, 0.4) is 0 Å². The topological polar surface area (TPSA) is 4.93 Å². The van der Waals surface area contributed by atoms with Crippen molar-refractivity contribution in [3.8, 4) is 0 Å². The fraction of sp³-hybridized carbons (Fsp3) is 0.481. The molecule has 0 aliphatic heterocycles. The molecule has 29 heavy (non-hydrogen) atoms. The molecule has 1 nitrogen and oxygen atoms in total. The standard InChI is InChI=1S/C15H12N.3C4H9.Sn/c1-2-11-16-14-9-5-3-7-12(14)13-8-4-6-10-15(13)16;3*1-3-4-2;/h3-10H,1,11H2;3*1,3-4H2,2H3;. The number of unbranched alkanes of at least 4 members (excludes halogenated alkanes) is 3. The molecule has 0 saturated carbocycles. The zero-order chi connectivity index (χ0) is 20.7. The van der Waals surface area contributed by atoms with Crippen LogP contribution in [0.15, 0.2) is 58.7 Å². The minimum atomic E-state index is -2.43. The fourth-order valence-corrected chi connectivity index (χ4v) is 20.4. The van der Waals surface area contributed by atoms with Gasteiger partial charge in [-0.2, -0.15) is 0 Å². The minimum absolute atomic E-state index is 1.03. The zero-order valence-electron chi connectivity index (χ0n) is 18.8. The predicted octanol–water partition coefficient (Wildman–Crippen LogP) is 8.74. The van der Waals surface area contributed by atoms with Gasteiger partial charge in [-0.3, -0.25) is 0 Å². The van der Waals surface area contributed by atoms with Crippen LogP contribution in [0.5, 0.6) is 0 Å². The number of aromatic nitrogens is 1. The Morgan fingerprint density at radius 2 is 1.14 bits per heavy atom. The maximum atomic E-state index is 4.85. The van der Waals surface area contributed by atoms with Crippen LogP contribution in [0.1, 0.15) is 59.3 Å². The molecule has 0 aliphatic rings. The van der Waals surface area contributed by atoms with Gasteiger partial charge in [0.25, 0.3) is 0 Å². The molecule has 2 aromatic carbocycles. The number of nitrogens with zero attached hydrogens (tertiary/aromatic N) is 1. The normalized spacial score (nSPS) is 12.1. The van der Waals surface area contributed by atoms with Gasteiger partial charge in [0.05, 0.1) is 0 Å². The molecular formula is C27H39NSn. The van der Waals surface area contributed by atoms with Gasteiger partial charge in [0.15, 0.2) is 0 Å². The molecule has 0 saturated heterocycles. The van der Waals surface area contributed by atoms with Gasteiger partial charge in [-0.25, -0.2) is 0 Å². The van der Waals surface area contributed by atoms with Crippen LogP contribution in [0.4, 0.5) is 0 Å². The monoisotopic (exact) mass is 497 g/mol. The van der Waals surface area contributed by atoms with E-state index in [1.807, 2.05) is 0 Å². The van der Waals surface area contributed by atoms with Gasteiger partial charge >= 0.3 is 183 Å². The Labute approximate surface area is 182 Å². The number of hydrogen-bond donors (Lipinski definition) is 0. The molecular weight excluding hydrogens is 457 g/mol. The molecule has 0 amide bonds. The van der Waals surface area contributed by atoms with Gasteiger partial charge in [0.1, 0.15) is 0 Å². The Hall–Kier alpha value is -1.22. The van der Waals surface area contributed by atoms with Crippen LogP contribution >= 0.6 is 0 Å². The van der Waals surface area contributed by atoms with Gasteiger partial charge in [-0.15, -0.1) is 0 Å². The summed E-state index contributed by atoms with van der Waals surface area (Å²) < 4.78 is 8.73. The Kier molecular flexibility index (Phi) is 8.29. The second-order valence-corrected chi connectivity index (χ2v) is 22.4. The van der Waals surface area contributed by atoms with Crippen molar-refractivity contribution in [2.75, 3.05) is 0 Å². The van der Waals surface area contributed by atoms with E-state index < -0.39 is 18.4 Å². The van der Waals surface area contributed by atoms with Crippen molar-refractivity contribution in [2.45, 2.75) is 79.2 Å². The van der Waals surface area contributed by atoms with E-state index in [9.17, 15) is 0 Å². The van der Waals surface area contributed by atoms with E-state index in [1.165, 1.54) is 73.6 Å². The van der Waals surface area contributed by atoms with Crippen molar-refractivity contribution in [2.24, 2.45) is 0 Å². The number of hydrogen-bond acceptors (Lipinski definition) is 0. The molecule has 0 unspecified atom stereocenters. The van der Waals surface area contributed by atoms with Gasteiger partial charge in [0, 0.05) is 0 Å². The average Bonchev–Trinajstić information content (AvgIpc) is 3.07. The third kappa shape index (κ3) is 4.93. The van der Waals surface area contributed by atoms with E-state index >= 15 is 0 Å². The third-order valence-corrected chi connectivity index (χ3v) is 22.8. The maximum absolute atomic E-state index is 4.85. The molecule has 0 N–H and O–H groups in total. The van der Waals surface area contributed by atoms with Crippen LogP contribution in [0.2, 0.25) is 13.3 Å². The molecule has 0 spiro atoms. The first-order chi connectivity index (χ1) is 14.2. The molecule has 0 bridgehead atoms. The van der Waals surface area contributed by atoms with Crippen LogP contribution in [0.25, 0.3) is 21.8 Å². The first-order valence-corrected chi connectivity index (χ1v) is 19.3. The van der Waals surface area contributed by atoms with E-state index in [0.29, 0.717) is 0 Å². The van der Waals surface area contributed by atoms with Gasteiger partial charge in [-0.1, -0.05) is 0 Å². The van der Waals surface area contributed by atoms with Crippen molar-refractivity contribution < 1.29 is 0 Å². The first-order valence-electron chi connectivity index (χ1n) is 11.8. The summed E-state index contributed by atoms with van der Waals surface area (Å²) in [6.07, 6.45) is 8.15. The van der Waals surface area contributed by atoms with E-state index in [4.69, 9.17) is 6.58 Å². The van der Waals surface area contributed by atoms with E-state index in [1.54, 1.807) is 3.59 Å². The molecule has 0 atom stereocenters. The first kappa shape index (κ1) is 22.5. The van der Waals surface area contributed by atoms with Crippen LogP contribution in [-0.4, -0.2) is 22.9 Å². The molecule has 1 heterocycles. The Morgan fingerprint density at radius 1 is 0.724 bits per heavy atom. The SMILES string of the molecule is C=[C](Cn1c2ccccc2c2ccccc21)[Sn]([CH2]CCC)([CH2]CCC)[CH2]CCC. The van der Waals surface area contributed by atoms with Crippen LogP contribution < -0.4 is 0 Å². The van der Waals surface area contributed by atoms with Gasteiger partial charge in [0.2, 0.25) is 0 Å². The van der Waals surface area contributed by atoms with Crippen molar-refractivity contribution >= 4 is 40.2 Å². The molecule has 2 heteroatoms. The molecule has 3 aromatic rings. The summed E-state index contributed by atoms with van der Waals surface area (Å²) in [5.74, 6) is 0. The predicted molar refractivity (Wildman–Crippen MR) is 133 cm³/mol.